The summed E-state index contributed by atoms with van der Waals surface area (Å²) in [6, 6.07) is 11.3. The third-order valence-corrected chi connectivity index (χ3v) is 3.70. The Kier molecular flexibility index (Phi) is 6.48. The number of carbonyl (C=O) groups is 2. The molecule has 0 aromatic heterocycles. The average Bonchev–Trinajstić information content (AvgIpc) is 2.60. The molecule has 0 bridgehead atoms. The van der Waals surface area contributed by atoms with Crippen LogP contribution in [0.2, 0.25) is 0 Å². The fraction of sp³-hybridized carbons (Fsp3) is 0.263. The summed E-state index contributed by atoms with van der Waals surface area (Å²) in [7, 11) is 0. The molecule has 1 amide bonds. The van der Waals surface area contributed by atoms with Gasteiger partial charge in [-0.25, -0.2) is 0 Å². The number of nitro groups is 1. The van der Waals surface area contributed by atoms with Crippen LogP contribution in [-0.4, -0.2) is 22.9 Å². The van der Waals surface area contributed by atoms with Crippen molar-refractivity contribution in [2.45, 2.75) is 32.4 Å². The molecule has 0 aliphatic carbocycles. The molecule has 2 aromatic rings. The largest absolute Gasteiger partial charge is 0.463 e. The topological polar surface area (TPSA) is 125 Å². The summed E-state index contributed by atoms with van der Waals surface area (Å²) in [4.78, 5) is 35.5. The van der Waals surface area contributed by atoms with Gasteiger partial charge in [-0.05, 0) is 32.0 Å². The maximum absolute atomic E-state index is 12.6. The van der Waals surface area contributed by atoms with Gasteiger partial charge in [-0.1, -0.05) is 24.3 Å². The number of nitro benzene ring substituents is 1. The standard InChI is InChI=1S/C19H21N3O5/c1-12(2)27-18(23)11-16(15-8-3-4-9-17(15)22(25)26)21-19(24)13-6-5-7-14(20)10-13/h3-10,12,16H,11,20H2,1-2H3,(H,21,24). The van der Waals surface area contributed by atoms with Crippen molar-refractivity contribution in [1.82, 2.24) is 5.32 Å². The number of nitrogens with two attached hydrogens (primary N) is 1. The number of benzene rings is 2. The molecular formula is C19H21N3O5. The van der Waals surface area contributed by atoms with Gasteiger partial charge in [0.15, 0.2) is 0 Å². The number of ether oxygens (including phenoxy) is 1. The van der Waals surface area contributed by atoms with Crippen LogP contribution in [0.15, 0.2) is 48.5 Å². The SMILES string of the molecule is CC(C)OC(=O)CC(NC(=O)c1cccc(N)c1)c1ccccc1[N+](=O)[O-]. The molecule has 27 heavy (non-hydrogen) atoms. The summed E-state index contributed by atoms with van der Waals surface area (Å²) in [5.41, 5.74) is 6.42. The maximum atomic E-state index is 12.6. The molecule has 0 fully saturated rings. The summed E-state index contributed by atoms with van der Waals surface area (Å²) >= 11 is 0. The second kappa shape index (κ2) is 8.79. The fourth-order valence-corrected chi connectivity index (χ4v) is 2.59. The van der Waals surface area contributed by atoms with Gasteiger partial charge < -0.3 is 15.8 Å². The van der Waals surface area contributed by atoms with Crippen molar-refractivity contribution in [3.8, 4) is 0 Å². The smallest absolute Gasteiger partial charge is 0.308 e. The number of hydrogen-bond acceptors (Lipinski definition) is 6. The van der Waals surface area contributed by atoms with Crippen LogP contribution in [-0.2, 0) is 9.53 Å². The molecule has 2 rings (SSSR count). The number of hydrogen-bond donors (Lipinski definition) is 2. The highest BCUT2D eigenvalue weighted by Crippen LogP contribution is 2.28. The van der Waals surface area contributed by atoms with Gasteiger partial charge in [0.25, 0.3) is 11.6 Å². The minimum Gasteiger partial charge on any atom is -0.463 e. The Morgan fingerprint density at radius 2 is 1.89 bits per heavy atom. The van der Waals surface area contributed by atoms with Crippen molar-refractivity contribution >= 4 is 23.3 Å². The van der Waals surface area contributed by atoms with Crippen LogP contribution in [0.1, 0.15) is 42.2 Å². The number of nitrogen functional groups attached to an aromatic ring is 1. The first-order valence-electron chi connectivity index (χ1n) is 8.37. The molecule has 142 valence electrons. The number of nitrogens with zero attached hydrogens (tertiary/aromatic N) is 1. The first kappa shape index (κ1) is 19.9. The minimum absolute atomic E-state index is 0.187. The van der Waals surface area contributed by atoms with Gasteiger partial charge in [-0.15, -0.1) is 0 Å². The normalized spacial score (nSPS) is 11.7. The zero-order valence-electron chi connectivity index (χ0n) is 15.0. The number of para-hydroxylation sites is 1. The van der Waals surface area contributed by atoms with Crippen molar-refractivity contribution in [3.05, 3.63) is 69.8 Å². The van der Waals surface area contributed by atoms with Crippen molar-refractivity contribution in [2.24, 2.45) is 0 Å². The van der Waals surface area contributed by atoms with Crippen LogP contribution in [0.3, 0.4) is 0 Å². The van der Waals surface area contributed by atoms with Gasteiger partial charge in [0.1, 0.15) is 0 Å². The van der Waals surface area contributed by atoms with Gasteiger partial charge >= 0.3 is 5.97 Å². The van der Waals surface area contributed by atoms with E-state index in [2.05, 4.69) is 5.32 Å². The van der Waals surface area contributed by atoms with Crippen LogP contribution in [0.4, 0.5) is 11.4 Å². The summed E-state index contributed by atoms with van der Waals surface area (Å²) in [5, 5.41) is 14.0. The predicted molar refractivity (Wildman–Crippen MR) is 100 cm³/mol. The molecule has 1 atom stereocenters. The molecule has 0 spiro atoms. The highest BCUT2D eigenvalue weighted by Gasteiger charge is 2.27. The fourth-order valence-electron chi connectivity index (χ4n) is 2.59. The second-order valence-electron chi connectivity index (χ2n) is 6.21. The van der Waals surface area contributed by atoms with E-state index >= 15 is 0 Å². The lowest BCUT2D eigenvalue weighted by molar-refractivity contribution is -0.385. The molecule has 3 N–H and O–H groups in total. The van der Waals surface area contributed by atoms with E-state index in [0.717, 1.165) is 0 Å². The zero-order valence-corrected chi connectivity index (χ0v) is 15.0. The third-order valence-electron chi connectivity index (χ3n) is 3.70. The van der Waals surface area contributed by atoms with E-state index in [4.69, 9.17) is 10.5 Å². The summed E-state index contributed by atoms with van der Waals surface area (Å²) in [5.74, 6) is -1.07. The van der Waals surface area contributed by atoms with Crippen molar-refractivity contribution in [2.75, 3.05) is 5.73 Å². The maximum Gasteiger partial charge on any atom is 0.308 e. The Morgan fingerprint density at radius 1 is 1.19 bits per heavy atom. The third kappa shape index (κ3) is 5.53. The van der Waals surface area contributed by atoms with E-state index in [1.165, 1.54) is 24.3 Å². The van der Waals surface area contributed by atoms with E-state index in [1.54, 1.807) is 38.1 Å². The Hall–Kier alpha value is -3.42. The van der Waals surface area contributed by atoms with E-state index in [9.17, 15) is 19.7 Å². The van der Waals surface area contributed by atoms with Gasteiger partial charge in [-0.3, -0.25) is 19.7 Å². The molecule has 2 aromatic carbocycles. The van der Waals surface area contributed by atoms with Crippen LogP contribution in [0.25, 0.3) is 0 Å². The Bertz CT molecular complexity index is 851. The predicted octanol–water partition coefficient (Wildman–Crippen LogP) is 2.99. The summed E-state index contributed by atoms with van der Waals surface area (Å²) < 4.78 is 5.13. The molecule has 8 nitrogen and oxygen atoms in total. The molecule has 0 aliphatic rings. The second-order valence-corrected chi connectivity index (χ2v) is 6.21. The van der Waals surface area contributed by atoms with Crippen LogP contribution in [0, 0.1) is 10.1 Å². The highest BCUT2D eigenvalue weighted by atomic mass is 16.6. The molecule has 0 saturated carbocycles. The first-order valence-corrected chi connectivity index (χ1v) is 8.37. The number of rotatable bonds is 7. The van der Waals surface area contributed by atoms with Crippen molar-refractivity contribution < 1.29 is 19.2 Å². The molecule has 0 saturated heterocycles. The molecule has 8 heteroatoms. The summed E-state index contributed by atoms with van der Waals surface area (Å²) in [6.45, 7) is 3.40. The number of carbonyl (C=O) groups excluding carboxylic acids is 2. The van der Waals surface area contributed by atoms with Crippen molar-refractivity contribution in [1.29, 1.82) is 0 Å². The summed E-state index contributed by atoms with van der Waals surface area (Å²) in [6.07, 6.45) is -0.578. The number of amides is 1. The van der Waals surface area contributed by atoms with Crippen LogP contribution < -0.4 is 11.1 Å². The first-order chi connectivity index (χ1) is 12.8. The highest BCUT2D eigenvalue weighted by molar-refractivity contribution is 5.95. The molecule has 0 aliphatic heterocycles. The average molecular weight is 371 g/mol. The molecular weight excluding hydrogens is 350 g/mol. The van der Waals surface area contributed by atoms with E-state index < -0.39 is 22.8 Å². The monoisotopic (exact) mass is 371 g/mol. The Labute approximate surface area is 156 Å². The lowest BCUT2D eigenvalue weighted by atomic mass is 10.0. The van der Waals surface area contributed by atoms with Crippen LogP contribution in [0.5, 0.6) is 0 Å². The molecule has 0 heterocycles. The molecule has 0 radical (unpaired) electrons. The van der Waals surface area contributed by atoms with E-state index in [0.29, 0.717) is 5.69 Å². The van der Waals surface area contributed by atoms with Crippen LogP contribution >= 0.6 is 0 Å². The number of anilines is 1. The van der Waals surface area contributed by atoms with Crippen molar-refractivity contribution in [3.63, 3.8) is 0 Å². The zero-order chi connectivity index (χ0) is 20.0. The Morgan fingerprint density at radius 3 is 2.52 bits per heavy atom. The van der Waals surface area contributed by atoms with Gasteiger partial charge in [0.2, 0.25) is 0 Å². The number of nitrogens with one attached hydrogen (secondary N) is 1. The quantitative estimate of drug-likeness (QED) is 0.334. The van der Waals surface area contributed by atoms with E-state index in [1.807, 2.05) is 0 Å². The van der Waals surface area contributed by atoms with Gasteiger partial charge in [0.05, 0.1) is 29.1 Å². The lowest BCUT2D eigenvalue weighted by Crippen LogP contribution is -2.31. The lowest BCUT2D eigenvalue weighted by Gasteiger charge is -2.19. The molecule has 1 unspecified atom stereocenters. The van der Waals surface area contributed by atoms with Gasteiger partial charge in [-0.2, -0.15) is 0 Å². The Balaban J connectivity index is 2.34. The van der Waals surface area contributed by atoms with E-state index in [-0.39, 0.29) is 29.3 Å². The van der Waals surface area contributed by atoms with Gasteiger partial charge in [0, 0.05) is 17.3 Å². The number of esters is 1. The minimum atomic E-state index is -0.924.